The quantitative estimate of drug-likeness (QED) is 0.105. The minimum absolute atomic E-state index is 0.00645. The lowest BCUT2D eigenvalue weighted by Crippen LogP contribution is -2.58. The maximum atomic E-state index is 14.5. The first-order valence-corrected chi connectivity index (χ1v) is 23.3. The van der Waals surface area contributed by atoms with Gasteiger partial charge in [0, 0.05) is 53.7 Å². The van der Waals surface area contributed by atoms with Gasteiger partial charge in [-0.1, -0.05) is 55.5 Å². The van der Waals surface area contributed by atoms with Crippen LogP contribution in [0.25, 0.3) is 44.2 Å². The number of alkyl carbamates (subject to hydrolysis) is 2. The summed E-state index contributed by atoms with van der Waals surface area (Å²) in [4.78, 5) is 74.6. The number of H-pyrrole nitrogens is 2. The summed E-state index contributed by atoms with van der Waals surface area (Å²) in [5.41, 5.74) is 8.41. The lowest BCUT2D eigenvalue weighted by molar-refractivity contribution is -0.142. The molecule has 16 heteroatoms. The molecule has 3 saturated heterocycles. The number of fused-ring (bicyclic) bond motifs is 7. The van der Waals surface area contributed by atoms with Crippen LogP contribution in [0.15, 0.2) is 72.8 Å². The summed E-state index contributed by atoms with van der Waals surface area (Å²) < 4.78 is 21.9. The molecule has 1 unspecified atom stereocenters. The molecule has 16 nitrogen and oxygen atoms in total. The fraction of sp³-hybridized carbons (Fsp3) is 0.412. The Morgan fingerprint density at radius 2 is 1.67 bits per heavy atom. The zero-order valence-corrected chi connectivity index (χ0v) is 38.0. The summed E-state index contributed by atoms with van der Waals surface area (Å²) in [6.45, 7) is 3.31. The number of ether oxygens (including phenoxy) is 4. The van der Waals surface area contributed by atoms with Gasteiger partial charge in [-0.15, -0.1) is 0 Å². The van der Waals surface area contributed by atoms with Gasteiger partial charge in [0.15, 0.2) is 0 Å². The van der Waals surface area contributed by atoms with Crippen molar-refractivity contribution in [2.75, 3.05) is 34.5 Å². The van der Waals surface area contributed by atoms with E-state index in [1.807, 2.05) is 53.1 Å². The third kappa shape index (κ3) is 7.60. The normalized spacial score (nSPS) is 23.6. The number of imidazole rings is 2. The minimum atomic E-state index is -0.943. The first-order valence-electron chi connectivity index (χ1n) is 23.3. The van der Waals surface area contributed by atoms with Gasteiger partial charge in [-0.05, 0) is 90.8 Å². The molecule has 1 aliphatic carbocycles. The summed E-state index contributed by atoms with van der Waals surface area (Å²) in [7, 11) is 4.27. The summed E-state index contributed by atoms with van der Waals surface area (Å²) in [6, 6.07) is 22.0. The molecule has 5 aliphatic rings. The molecule has 4 N–H and O–H groups in total. The van der Waals surface area contributed by atoms with Crippen LogP contribution in [0.2, 0.25) is 0 Å². The average Bonchev–Trinajstić information content (AvgIpc) is 3.65. The van der Waals surface area contributed by atoms with Crippen LogP contribution in [0, 0.1) is 11.8 Å². The number of hydrogen-bond acceptors (Lipinski definition) is 10. The average molecular weight is 907 g/mol. The first-order chi connectivity index (χ1) is 32.6. The molecule has 1 saturated carbocycles. The van der Waals surface area contributed by atoms with Gasteiger partial charge in [-0.2, -0.15) is 0 Å². The lowest BCUT2D eigenvalue weighted by Gasteiger charge is -2.41. The number of nitrogens with zero attached hydrogens (tertiary/aromatic N) is 4. The number of carbonyl (C=O) groups is 4. The van der Waals surface area contributed by atoms with Gasteiger partial charge >= 0.3 is 12.2 Å². The molecule has 67 heavy (non-hydrogen) atoms. The SMILES string of the molecule is COC[C@H]1C[C@@H](c2nc(-c3ccc4c(c3)COc3cc5c(ccc6[nH]c([C@@H]7CC[C@@H]8CC(C)[C@H](NC(=O)OC)C(=O)N87)nc65)cc3-4)c(C3CC3)[nH]2)N(C(=O)[C@H](NC(=O)OC)c2ccccc2)C1. The predicted molar refractivity (Wildman–Crippen MR) is 248 cm³/mol. The van der Waals surface area contributed by atoms with E-state index in [4.69, 9.17) is 28.9 Å². The summed E-state index contributed by atoms with van der Waals surface area (Å²) in [6.07, 6.45) is 3.92. The number of nitrogens with one attached hydrogen (secondary N) is 4. The molecule has 4 amide bonds. The van der Waals surface area contributed by atoms with E-state index in [0.717, 1.165) is 105 Å². The molecule has 0 spiro atoms. The van der Waals surface area contributed by atoms with Crippen LogP contribution in [0.4, 0.5) is 9.59 Å². The highest BCUT2D eigenvalue weighted by Crippen LogP contribution is 2.48. The Bertz CT molecular complexity index is 2930. The number of hydrogen-bond donors (Lipinski definition) is 4. The fourth-order valence-electron chi connectivity index (χ4n) is 11.2. The molecular formula is C51H54N8O8. The van der Waals surface area contributed by atoms with Crippen molar-refractivity contribution in [3.05, 3.63) is 101 Å². The summed E-state index contributed by atoms with van der Waals surface area (Å²) >= 11 is 0. The van der Waals surface area contributed by atoms with E-state index in [9.17, 15) is 19.2 Å². The predicted octanol–water partition coefficient (Wildman–Crippen LogP) is 7.97. The van der Waals surface area contributed by atoms with Crippen LogP contribution in [-0.4, -0.2) is 100 Å². The third-order valence-corrected chi connectivity index (χ3v) is 14.6. The molecule has 4 fully saturated rings. The van der Waals surface area contributed by atoms with Crippen LogP contribution in [-0.2, 0) is 30.4 Å². The van der Waals surface area contributed by atoms with Crippen molar-refractivity contribution in [2.24, 2.45) is 11.8 Å². The molecule has 7 atom stereocenters. The molecule has 6 aromatic rings. The second kappa shape index (κ2) is 17.0. The minimum Gasteiger partial charge on any atom is -0.488 e. The molecule has 6 heterocycles. The number of likely N-dealkylation sites (tertiary alicyclic amines) is 1. The van der Waals surface area contributed by atoms with Gasteiger partial charge in [0.25, 0.3) is 5.91 Å². The summed E-state index contributed by atoms with van der Waals surface area (Å²) in [5, 5.41) is 7.52. The number of carbonyl (C=O) groups excluding carboxylic acids is 4. The largest absolute Gasteiger partial charge is 0.488 e. The van der Waals surface area contributed by atoms with E-state index in [0.29, 0.717) is 37.7 Å². The van der Waals surface area contributed by atoms with E-state index >= 15 is 0 Å². The van der Waals surface area contributed by atoms with Crippen molar-refractivity contribution in [3.63, 3.8) is 0 Å². The standard InChI is InChI=1S/C51H54N8O8/c1-26-18-33-14-17-38(59(33)49(61)41(26)56-50(62)65-3)46-52-37-16-13-30-21-36-34-15-12-31(20-32(34)25-67-40(36)22-35(30)45(37)55-46)43-42(29-10-11-29)53-47(54-43)39-19-27(24-64-2)23-58(39)48(60)44(57-51(63)66-4)28-8-6-5-7-9-28/h5-9,12-13,15-16,20-22,26-27,29,33,38-39,41,44H,10-11,14,17-19,23-25H2,1-4H3,(H,52,55)(H,53,54)(H,56,62)(H,57,63)/t26?,27-,33+,38-,39-,41-,44+/m0/s1. The Labute approximate surface area is 387 Å². The van der Waals surface area contributed by atoms with E-state index in [2.05, 4.69) is 57.0 Å². The van der Waals surface area contributed by atoms with Crippen LogP contribution >= 0.6 is 0 Å². The van der Waals surface area contributed by atoms with Crippen molar-refractivity contribution in [1.82, 2.24) is 40.4 Å². The van der Waals surface area contributed by atoms with Crippen molar-refractivity contribution in [1.29, 1.82) is 0 Å². The number of aromatic amines is 2. The molecule has 4 aliphatic heterocycles. The maximum Gasteiger partial charge on any atom is 0.407 e. The van der Waals surface area contributed by atoms with Crippen molar-refractivity contribution in [2.45, 2.75) is 88.2 Å². The topological polar surface area (TPSA) is 193 Å². The van der Waals surface area contributed by atoms with E-state index < -0.39 is 24.3 Å². The third-order valence-electron chi connectivity index (χ3n) is 14.6. The number of methoxy groups -OCH3 is 3. The number of amides is 4. The fourth-order valence-corrected chi connectivity index (χ4v) is 11.2. The van der Waals surface area contributed by atoms with Gasteiger partial charge in [-0.3, -0.25) is 9.59 Å². The number of benzene rings is 4. The molecular weight excluding hydrogens is 853 g/mol. The van der Waals surface area contributed by atoms with Gasteiger partial charge in [0.05, 0.1) is 49.6 Å². The molecule has 0 bridgehead atoms. The lowest BCUT2D eigenvalue weighted by atomic mass is 9.88. The van der Waals surface area contributed by atoms with Gasteiger partial charge in [0.1, 0.15) is 36.1 Å². The second-order valence-electron chi connectivity index (χ2n) is 18.8. The smallest absolute Gasteiger partial charge is 0.407 e. The highest BCUT2D eigenvalue weighted by atomic mass is 16.5. The molecule has 346 valence electrons. The van der Waals surface area contributed by atoms with Crippen LogP contribution in [0.5, 0.6) is 5.75 Å². The number of piperidine rings is 1. The van der Waals surface area contributed by atoms with Gasteiger partial charge in [-0.25, -0.2) is 19.6 Å². The molecule has 4 aromatic carbocycles. The molecule has 2 aromatic heterocycles. The van der Waals surface area contributed by atoms with E-state index in [1.165, 1.54) is 14.2 Å². The van der Waals surface area contributed by atoms with Crippen molar-refractivity contribution >= 4 is 45.8 Å². The Hall–Kier alpha value is -6.94. The Morgan fingerprint density at radius 3 is 2.45 bits per heavy atom. The zero-order chi connectivity index (χ0) is 46.1. The van der Waals surface area contributed by atoms with Crippen molar-refractivity contribution in [3.8, 4) is 28.1 Å². The van der Waals surface area contributed by atoms with Crippen LogP contribution < -0.4 is 15.4 Å². The first kappa shape index (κ1) is 42.7. The van der Waals surface area contributed by atoms with Crippen LogP contribution in [0.1, 0.15) is 98.0 Å². The molecule has 0 radical (unpaired) electrons. The molecule has 11 rings (SSSR count). The van der Waals surface area contributed by atoms with E-state index in [1.54, 1.807) is 7.11 Å². The maximum absolute atomic E-state index is 14.5. The Morgan fingerprint density at radius 1 is 0.866 bits per heavy atom. The van der Waals surface area contributed by atoms with Crippen LogP contribution in [0.3, 0.4) is 0 Å². The van der Waals surface area contributed by atoms with Gasteiger partial charge < -0.3 is 49.3 Å². The zero-order valence-electron chi connectivity index (χ0n) is 38.0. The monoisotopic (exact) mass is 906 g/mol. The summed E-state index contributed by atoms with van der Waals surface area (Å²) in [5.74, 6) is 2.30. The highest BCUT2D eigenvalue weighted by Gasteiger charge is 2.48. The Balaban J connectivity index is 0.887. The number of rotatable bonds is 10. The Kier molecular flexibility index (Phi) is 10.9. The van der Waals surface area contributed by atoms with Crippen molar-refractivity contribution < 1.29 is 38.1 Å². The highest BCUT2D eigenvalue weighted by molar-refractivity contribution is 6.07. The van der Waals surface area contributed by atoms with E-state index in [-0.39, 0.29) is 41.8 Å². The van der Waals surface area contributed by atoms with Gasteiger partial charge in [0.2, 0.25) is 5.91 Å². The second-order valence-corrected chi connectivity index (χ2v) is 18.8. The number of aromatic nitrogens is 4.